The first-order valence-corrected chi connectivity index (χ1v) is 8.58. The minimum absolute atomic E-state index is 0.216. The van der Waals surface area contributed by atoms with Crippen molar-refractivity contribution in [3.63, 3.8) is 0 Å². The van der Waals surface area contributed by atoms with Gasteiger partial charge in [0.2, 0.25) is 5.91 Å². The molecular formula is C18H20F4N4O. The van der Waals surface area contributed by atoms with E-state index >= 15 is 0 Å². The molecule has 1 amide bonds. The summed E-state index contributed by atoms with van der Waals surface area (Å²) in [5.41, 5.74) is 0.162. The molecule has 0 N–H and O–H groups in total. The van der Waals surface area contributed by atoms with Gasteiger partial charge in [-0.05, 0) is 30.7 Å². The lowest BCUT2D eigenvalue weighted by molar-refractivity contribution is -0.142. The molecule has 0 spiro atoms. The Bertz CT molecular complexity index is 810. The summed E-state index contributed by atoms with van der Waals surface area (Å²) in [5.74, 6) is -0.547. The van der Waals surface area contributed by atoms with E-state index in [1.54, 1.807) is 11.0 Å². The average molecular weight is 384 g/mol. The van der Waals surface area contributed by atoms with Crippen molar-refractivity contribution in [1.82, 2.24) is 19.6 Å². The standard InChI is InChI=1S/C18H20F4N4O/c1-13-9-16(18(20,21)22)23-26(13)12-17(27)25-7-5-24(6-8-25)11-14-3-2-4-15(19)10-14/h2-4,9-10H,5-8,11-12H2,1H3. The molecule has 2 heterocycles. The smallest absolute Gasteiger partial charge is 0.339 e. The molecule has 1 fully saturated rings. The number of benzene rings is 1. The maximum Gasteiger partial charge on any atom is 0.435 e. The van der Waals surface area contributed by atoms with Gasteiger partial charge in [-0.1, -0.05) is 12.1 Å². The van der Waals surface area contributed by atoms with Gasteiger partial charge in [-0.3, -0.25) is 14.4 Å². The summed E-state index contributed by atoms with van der Waals surface area (Å²) in [6, 6.07) is 7.31. The predicted octanol–water partition coefficient (Wildman–Crippen LogP) is 2.69. The fraction of sp³-hybridized carbons (Fsp3) is 0.444. The first-order chi connectivity index (χ1) is 12.7. The summed E-state index contributed by atoms with van der Waals surface area (Å²) >= 11 is 0. The Morgan fingerprint density at radius 1 is 1.15 bits per heavy atom. The maximum atomic E-state index is 13.3. The Balaban J connectivity index is 1.54. The van der Waals surface area contributed by atoms with Gasteiger partial charge < -0.3 is 4.90 Å². The number of hydrogen-bond donors (Lipinski definition) is 0. The molecule has 0 aliphatic carbocycles. The predicted molar refractivity (Wildman–Crippen MR) is 90.2 cm³/mol. The second-order valence-electron chi connectivity index (χ2n) is 6.61. The van der Waals surface area contributed by atoms with Gasteiger partial charge in [0.15, 0.2) is 5.69 Å². The second-order valence-corrected chi connectivity index (χ2v) is 6.61. The molecule has 3 rings (SSSR count). The minimum Gasteiger partial charge on any atom is -0.339 e. The van der Waals surface area contributed by atoms with Crippen LogP contribution in [-0.4, -0.2) is 51.7 Å². The molecular weight excluding hydrogens is 364 g/mol. The highest BCUT2D eigenvalue weighted by Gasteiger charge is 2.34. The van der Waals surface area contributed by atoms with Crippen LogP contribution >= 0.6 is 0 Å². The van der Waals surface area contributed by atoms with Crippen LogP contribution in [0.3, 0.4) is 0 Å². The van der Waals surface area contributed by atoms with E-state index in [1.807, 2.05) is 6.07 Å². The number of carbonyl (C=O) groups excluding carboxylic acids is 1. The molecule has 0 saturated carbocycles. The van der Waals surface area contributed by atoms with Crippen LogP contribution < -0.4 is 0 Å². The molecule has 146 valence electrons. The van der Waals surface area contributed by atoms with Gasteiger partial charge in [0, 0.05) is 38.4 Å². The number of halogens is 4. The number of aryl methyl sites for hydroxylation is 1. The van der Waals surface area contributed by atoms with Crippen molar-refractivity contribution in [2.45, 2.75) is 26.2 Å². The number of carbonyl (C=O) groups is 1. The van der Waals surface area contributed by atoms with Gasteiger partial charge in [0.1, 0.15) is 12.4 Å². The number of rotatable bonds is 4. The van der Waals surface area contributed by atoms with Crippen molar-refractivity contribution in [3.8, 4) is 0 Å². The highest BCUT2D eigenvalue weighted by Crippen LogP contribution is 2.28. The number of hydrogen-bond acceptors (Lipinski definition) is 3. The van der Waals surface area contributed by atoms with Crippen LogP contribution in [0.2, 0.25) is 0 Å². The van der Waals surface area contributed by atoms with E-state index in [0.29, 0.717) is 38.4 Å². The summed E-state index contributed by atoms with van der Waals surface area (Å²) in [4.78, 5) is 16.1. The fourth-order valence-corrected chi connectivity index (χ4v) is 3.09. The molecule has 1 aromatic carbocycles. The van der Waals surface area contributed by atoms with Crippen LogP contribution in [0.25, 0.3) is 0 Å². The average Bonchev–Trinajstić information content (AvgIpc) is 2.96. The van der Waals surface area contributed by atoms with Gasteiger partial charge in [0.25, 0.3) is 0 Å². The number of piperazine rings is 1. The summed E-state index contributed by atoms with van der Waals surface area (Å²) < 4.78 is 52.5. The molecule has 1 saturated heterocycles. The number of alkyl halides is 3. The van der Waals surface area contributed by atoms with Crippen LogP contribution in [0.4, 0.5) is 17.6 Å². The third-order valence-corrected chi connectivity index (χ3v) is 4.58. The van der Waals surface area contributed by atoms with Crippen molar-refractivity contribution in [2.24, 2.45) is 0 Å². The zero-order chi connectivity index (χ0) is 19.6. The normalized spacial score (nSPS) is 16.0. The summed E-state index contributed by atoms with van der Waals surface area (Å²) in [5, 5.41) is 3.49. The summed E-state index contributed by atoms with van der Waals surface area (Å²) in [7, 11) is 0. The topological polar surface area (TPSA) is 41.4 Å². The third-order valence-electron chi connectivity index (χ3n) is 4.58. The van der Waals surface area contributed by atoms with E-state index in [1.165, 1.54) is 19.1 Å². The molecule has 1 aliphatic heterocycles. The van der Waals surface area contributed by atoms with Gasteiger partial charge >= 0.3 is 6.18 Å². The van der Waals surface area contributed by atoms with E-state index in [-0.39, 0.29) is 18.3 Å². The largest absolute Gasteiger partial charge is 0.435 e. The lowest BCUT2D eigenvalue weighted by atomic mass is 10.2. The SMILES string of the molecule is Cc1cc(C(F)(F)F)nn1CC(=O)N1CCN(Cc2cccc(F)c2)CC1. The van der Waals surface area contributed by atoms with Crippen molar-refractivity contribution in [2.75, 3.05) is 26.2 Å². The van der Waals surface area contributed by atoms with Crippen LogP contribution in [0.1, 0.15) is 17.0 Å². The highest BCUT2D eigenvalue weighted by atomic mass is 19.4. The quantitative estimate of drug-likeness (QED) is 0.762. The Hall–Kier alpha value is -2.42. The summed E-state index contributed by atoms with van der Waals surface area (Å²) in [6.45, 7) is 4.05. The number of nitrogens with zero attached hydrogens (tertiary/aromatic N) is 4. The van der Waals surface area contributed by atoms with Crippen molar-refractivity contribution < 1.29 is 22.4 Å². The molecule has 2 aromatic rings. The zero-order valence-electron chi connectivity index (χ0n) is 14.8. The van der Waals surface area contributed by atoms with Crippen LogP contribution in [-0.2, 0) is 24.1 Å². The minimum atomic E-state index is -4.53. The molecule has 5 nitrogen and oxygen atoms in total. The molecule has 27 heavy (non-hydrogen) atoms. The molecule has 0 atom stereocenters. The second kappa shape index (κ2) is 7.67. The van der Waals surface area contributed by atoms with Gasteiger partial charge in [-0.25, -0.2) is 4.39 Å². The van der Waals surface area contributed by atoms with Crippen molar-refractivity contribution >= 4 is 5.91 Å². The van der Waals surface area contributed by atoms with E-state index in [9.17, 15) is 22.4 Å². The molecule has 1 aliphatic rings. The third kappa shape index (κ3) is 4.85. The fourth-order valence-electron chi connectivity index (χ4n) is 3.09. The summed E-state index contributed by atoms with van der Waals surface area (Å²) in [6.07, 6.45) is -4.53. The van der Waals surface area contributed by atoms with Crippen molar-refractivity contribution in [3.05, 3.63) is 53.1 Å². The monoisotopic (exact) mass is 384 g/mol. The van der Waals surface area contributed by atoms with E-state index in [4.69, 9.17) is 0 Å². The number of amides is 1. The zero-order valence-corrected chi connectivity index (χ0v) is 14.8. The van der Waals surface area contributed by atoms with Crippen LogP contribution in [0, 0.1) is 12.7 Å². The van der Waals surface area contributed by atoms with Gasteiger partial charge in [-0.15, -0.1) is 0 Å². The molecule has 0 unspecified atom stereocenters. The molecule has 0 radical (unpaired) electrons. The van der Waals surface area contributed by atoms with E-state index in [0.717, 1.165) is 16.3 Å². The lowest BCUT2D eigenvalue weighted by Gasteiger charge is -2.34. The van der Waals surface area contributed by atoms with E-state index in [2.05, 4.69) is 10.00 Å². The Kier molecular flexibility index (Phi) is 5.50. The van der Waals surface area contributed by atoms with E-state index < -0.39 is 11.9 Å². The molecule has 1 aromatic heterocycles. The van der Waals surface area contributed by atoms with Crippen molar-refractivity contribution in [1.29, 1.82) is 0 Å². The molecule has 0 bridgehead atoms. The first-order valence-electron chi connectivity index (χ1n) is 8.58. The molecule has 9 heteroatoms. The number of aromatic nitrogens is 2. The highest BCUT2D eigenvalue weighted by molar-refractivity contribution is 5.76. The maximum absolute atomic E-state index is 13.3. The first kappa shape index (κ1) is 19.3. The van der Waals surface area contributed by atoms with Crippen LogP contribution in [0.5, 0.6) is 0 Å². The Morgan fingerprint density at radius 2 is 1.85 bits per heavy atom. The van der Waals surface area contributed by atoms with Gasteiger partial charge in [-0.2, -0.15) is 18.3 Å². The Labute approximate surface area is 154 Å². The van der Waals surface area contributed by atoms with Crippen LogP contribution in [0.15, 0.2) is 30.3 Å². The van der Waals surface area contributed by atoms with Gasteiger partial charge in [0.05, 0.1) is 0 Å². The lowest BCUT2D eigenvalue weighted by Crippen LogP contribution is -2.49. The Morgan fingerprint density at radius 3 is 2.44 bits per heavy atom.